The molecule has 0 aromatic heterocycles. The lowest BCUT2D eigenvalue weighted by atomic mass is 9.96. The molecule has 2 N–H and O–H groups in total. The number of carbonyl (C=O) groups excluding carboxylic acids is 1. The summed E-state index contributed by atoms with van der Waals surface area (Å²) >= 11 is 0. The lowest BCUT2D eigenvalue weighted by Gasteiger charge is -2.13. The van der Waals surface area contributed by atoms with Gasteiger partial charge < -0.3 is 14.9 Å². The minimum absolute atomic E-state index is 0.110. The Labute approximate surface area is 146 Å². The first-order chi connectivity index (χ1) is 12.3. The van der Waals surface area contributed by atoms with E-state index in [9.17, 15) is 22.4 Å². The van der Waals surface area contributed by atoms with Crippen LogP contribution in [-0.4, -0.2) is 41.9 Å². The summed E-state index contributed by atoms with van der Waals surface area (Å²) in [7, 11) is 0. The van der Waals surface area contributed by atoms with Crippen molar-refractivity contribution >= 4 is 5.78 Å². The molecule has 140 valence electrons. The molecular formula is C18H16F4O4. The highest BCUT2D eigenvalue weighted by molar-refractivity contribution is 5.98. The number of benzene rings is 2. The van der Waals surface area contributed by atoms with Gasteiger partial charge in [0.2, 0.25) is 0 Å². The van der Waals surface area contributed by atoms with E-state index in [1.807, 2.05) is 0 Å². The second-order valence-electron chi connectivity index (χ2n) is 5.57. The second-order valence-corrected chi connectivity index (χ2v) is 5.57. The van der Waals surface area contributed by atoms with Crippen molar-refractivity contribution in [1.82, 2.24) is 0 Å². The first kappa shape index (κ1) is 20.0. The highest BCUT2D eigenvalue weighted by Gasteiger charge is 2.20. The maximum absolute atomic E-state index is 14.2. The first-order valence-electron chi connectivity index (χ1n) is 7.64. The molecule has 0 heterocycles. The van der Waals surface area contributed by atoms with Gasteiger partial charge in [0.15, 0.2) is 17.4 Å². The van der Waals surface area contributed by atoms with Gasteiger partial charge in [0, 0.05) is 23.6 Å². The Balaban J connectivity index is 2.27. The lowest BCUT2D eigenvalue weighted by molar-refractivity contribution is 0.00893. The molecule has 26 heavy (non-hydrogen) atoms. The van der Waals surface area contributed by atoms with Crippen molar-refractivity contribution < 1.29 is 37.3 Å². The van der Waals surface area contributed by atoms with Crippen LogP contribution in [0.15, 0.2) is 30.3 Å². The third kappa shape index (κ3) is 4.87. The molecular weight excluding hydrogens is 356 g/mol. The zero-order chi connectivity index (χ0) is 19.3. The van der Waals surface area contributed by atoms with Crippen LogP contribution in [0.3, 0.4) is 0 Å². The zero-order valence-electron chi connectivity index (χ0n) is 13.5. The molecule has 2 aromatic rings. The summed E-state index contributed by atoms with van der Waals surface area (Å²) < 4.78 is 59.5. The van der Waals surface area contributed by atoms with Crippen molar-refractivity contribution in [3.8, 4) is 0 Å². The molecule has 0 amide bonds. The number of ether oxygens (including phenoxy) is 1. The minimum Gasteiger partial charge on any atom is -0.394 e. The molecule has 0 fully saturated rings. The summed E-state index contributed by atoms with van der Waals surface area (Å²) in [6, 6.07) is 4.46. The highest BCUT2D eigenvalue weighted by atomic mass is 19.2. The fourth-order valence-corrected chi connectivity index (χ4v) is 2.30. The maximum Gasteiger partial charge on any atom is 0.188 e. The number of carbonyl (C=O) groups is 1. The summed E-state index contributed by atoms with van der Waals surface area (Å²) in [5.41, 5.74) is -0.709. The molecule has 1 atom stereocenters. The number of aliphatic hydroxyl groups excluding tert-OH is 2. The molecule has 0 aliphatic carbocycles. The fraction of sp³-hybridized carbons (Fsp3) is 0.278. The van der Waals surface area contributed by atoms with E-state index in [0.717, 1.165) is 24.3 Å². The van der Waals surface area contributed by atoms with Crippen LogP contribution < -0.4 is 0 Å². The van der Waals surface area contributed by atoms with Crippen molar-refractivity contribution in [2.75, 3.05) is 19.8 Å². The summed E-state index contributed by atoms with van der Waals surface area (Å²) in [5.74, 6) is -5.01. The summed E-state index contributed by atoms with van der Waals surface area (Å²) in [5, 5.41) is 17.8. The number of aliphatic hydroxyl groups is 2. The average Bonchev–Trinajstić information content (AvgIpc) is 2.60. The van der Waals surface area contributed by atoms with Gasteiger partial charge in [-0.05, 0) is 23.8 Å². The van der Waals surface area contributed by atoms with Crippen LogP contribution in [0.25, 0.3) is 0 Å². The van der Waals surface area contributed by atoms with E-state index in [4.69, 9.17) is 14.9 Å². The number of hydrogen-bond donors (Lipinski definition) is 2. The van der Waals surface area contributed by atoms with Gasteiger partial charge in [-0.25, -0.2) is 17.6 Å². The molecule has 2 rings (SSSR count). The van der Waals surface area contributed by atoms with Crippen LogP contribution in [0.2, 0.25) is 0 Å². The Morgan fingerprint density at radius 2 is 1.81 bits per heavy atom. The molecule has 8 heteroatoms. The van der Waals surface area contributed by atoms with E-state index >= 15 is 0 Å². The summed E-state index contributed by atoms with van der Waals surface area (Å²) in [4.78, 5) is 12.2. The van der Waals surface area contributed by atoms with E-state index in [-0.39, 0.29) is 23.3 Å². The van der Waals surface area contributed by atoms with Gasteiger partial charge in [0.1, 0.15) is 24.3 Å². The number of rotatable bonds is 8. The predicted molar refractivity (Wildman–Crippen MR) is 83.8 cm³/mol. The van der Waals surface area contributed by atoms with E-state index < -0.39 is 54.8 Å². The molecule has 0 radical (unpaired) electrons. The Hall–Kier alpha value is -2.29. The second kappa shape index (κ2) is 8.88. The Morgan fingerprint density at radius 1 is 1.08 bits per heavy atom. The normalized spacial score (nSPS) is 12.2. The van der Waals surface area contributed by atoms with Crippen molar-refractivity contribution in [1.29, 1.82) is 0 Å². The van der Waals surface area contributed by atoms with Crippen LogP contribution >= 0.6 is 0 Å². The Bertz CT molecular complexity index is 795. The van der Waals surface area contributed by atoms with Crippen LogP contribution in [-0.2, 0) is 11.2 Å². The van der Waals surface area contributed by atoms with Gasteiger partial charge in [-0.15, -0.1) is 0 Å². The number of halogens is 4. The zero-order valence-corrected chi connectivity index (χ0v) is 13.5. The van der Waals surface area contributed by atoms with Crippen molar-refractivity contribution in [3.05, 3.63) is 70.3 Å². The topological polar surface area (TPSA) is 66.8 Å². The van der Waals surface area contributed by atoms with Gasteiger partial charge in [-0.1, -0.05) is 6.07 Å². The quantitative estimate of drug-likeness (QED) is 0.552. The Morgan fingerprint density at radius 3 is 2.46 bits per heavy atom. The lowest BCUT2D eigenvalue weighted by Crippen LogP contribution is -2.22. The van der Waals surface area contributed by atoms with Crippen LogP contribution in [0.4, 0.5) is 17.6 Å². The van der Waals surface area contributed by atoms with Crippen molar-refractivity contribution in [2.45, 2.75) is 12.5 Å². The molecule has 0 aliphatic heterocycles. The van der Waals surface area contributed by atoms with E-state index in [1.165, 1.54) is 0 Å². The molecule has 0 aliphatic rings. The van der Waals surface area contributed by atoms with E-state index in [0.29, 0.717) is 6.07 Å². The minimum atomic E-state index is -1.31. The van der Waals surface area contributed by atoms with Crippen LogP contribution in [0, 0.1) is 23.3 Å². The third-order valence-electron chi connectivity index (χ3n) is 3.63. The SMILES string of the molecule is O=C(COC[C@H](O)CO)c1ccc(F)c(F)c1Cc1ccc(F)cc1F. The summed E-state index contributed by atoms with van der Waals surface area (Å²) in [6.07, 6.45) is -1.64. The van der Waals surface area contributed by atoms with Crippen molar-refractivity contribution in [2.24, 2.45) is 0 Å². The van der Waals surface area contributed by atoms with Gasteiger partial charge >= 0.3 is 0 Å². The first-order valence-corrected chi connectivity index (χ1v) is 7.64. The van der Waals surface area contributed by atoms with Gasteiger partial charge in [-0.3, -0.25) is 4.79 Å². The highest BCUT2D eigenvalue weighted by Crippen LogP contribution is 2.23. The fourth-order valence-electron chi connectivity index (χ4n) is 2.30. The smallest absolute Gasteiger partial charge is 0.188 e. The van der Waals surface area contributed by atoms with Crippen LogP contribution in [0.5, 0.6) is 0 Å². The average molecular weight is 372 g/mol. The number of ketones is 1. The molecule has 0 saturated carbocycles. The molecule has 0 saturated heterocycles. The maximum atomic E-state index is 14.2. The molecule has 0 unspecified atom stereocenters. The van der Waals surface area contributed by atoms with E-state index in [1.54, 1.807) is 0 Å². The van der Waals surface area contributed by atoms with Gasteiger partial charge in [0.05, 0.1) is 13.2 Å². The summed E-state index contributed by atoms with van der Waals surface area (Å²) in [6.45, 7) is -1.44. The largest absolute Gasteiger partial charge is 0.394 e. The van der Waals surface area contributed by atoms with Crippen LogP contribution in [0.1, 0.15) is 21.5 Å². The number of Topliss-reactive ketones (excluding diaryl/α,β-unsaturated/α-hetero) is 1. The molecule has 0 spiro atoms. The number of hydrogen-bond acceptors (Lipinski definition) is 4. The molecule has 0 bridgehead atoms. The Kier molecular flexibility index (Phi) is 6.84. The van der Waals surface area contributed by atoms with Gasteiger partial charge in [-0.2, -0.15) is 0 Å². The van der Waals surface area contributed by atoms with Crippen molar-refractivity contribution in [3.63, 3.8) is 0 Å². The monoisotopic (exact) mass is 372 g/mol. The predicted octanol–water partition coefficient (Wildman–Crippen LogP) is 2.39. The van der Waals surface area contributed by atoms with Gasteiger partial charge in [0.25, 0.3) is 0 Å². The molecule has 2 aromatic carbocycles. The van der Waals surface area contributed by atoms with E-state index in [2.05, 4.69) is 0 Å². The third-order valence-corrected chi connectivity index (χ3v) is 3.63. The molecule has 4 nitrogen and oxygen atoms in total. The standard InChI is InChI=1S/C18H16F4O4/c19-11-2-1-10(16(21)6-11)5-14-13(3-4-15(20)18(14)22)17(25)9-26-8-12(24)7-23/h1-4,6,12,23-24H,5,7-9H2/t12-/m1/s1.